The molecule has 3 aromatic rings. The van der Waals surface area contributed by atoms with Crippen LogP contribution in [0.3, 0.4) is 0 Å². The Balaban J connectivity index is 1.44. The predicted octanol–water partition coefficient (Wildman–Crippen LogP) is 5.41. The van der Waals surface area contributed by atoms with Gasteiger partial charge in [0.1, 0.15) is 18.6 Å². The second-order valence-corrected chi connectivity index (χ2v) is 8.45. The van der Waals surface area contributed by atoms with E-state index in [1.807, 2.05) is 54.6 Å². The largest absolute Gasteiger partial charge is 0.492 e. The maximum atomic E-state index is 12.4. The molecule has 6 nitrogen and oxygen atoms in total. The van der Waals surface area contributed by atoms with E-state index in [1.165, 1.54) is 0 Å². The number of amides is 1. The van der Waals surface area contributed by atoms with Crippen LogP contribution in [0.1, 0.15) is 52.5 Å². The molecular weight excluding hydrogens is 442 g/mol. The highest BCUT2D eigenvalue weighted by Crippen LogP contribution is 2.21. The molecule has 182 valence electrons. The molecule has 1 unspecified atom stereocenters. The predicted molar refractivity (Wildman–Crippen MR) is 136 cm³/mol. The number of unbranched alkanes of at least 4 members (excludes halogenated alkanes) is 1. The Morgan fingerprint density at radius 1 is 1.00 bits per heavy atom. The van der Waals surface area contributed by atoms with Crippen LogP contribution in [-0.2, 0) is 11.2 Å². The average molecular weight is 474 g/mol. The van der Waals surface area contributed by atoms with Crippen LogP contribution in [0.5, 0.6) is 5.75 Å². The number of carbonyl (C=O) groups excluding carboxylic acids is 2. The molecule has 0 aliphatic carbocycles. The van der Waals surface area contributed by atoms with Gasteiger partial charge >= 0.3 is 5.97 Å². The molecule has 0 aliphatic heterocycles. The highest BCUT2D eigenvalue weighted by Gasteiger charge is 2.17. The van der Waals surface area contributed by atoms with Crippen molar-refractivity contribution in [2.75, 3.05) is 13.2 Å². The van der Waals surface area contributed by atoms with Crippen LogP contribution in [0.25, 0.3) is 11.1 Å². The number of nitrogens with one attached hydrogen (secondary N) is 1. The minimum absolute atomic E-state index is 0.191. The van der Waals surface area contributed by atoms with Crippen molar-refractivity contribution in [3.63, 3.8) is 0 Å². The first-order chi connectivity index (χ1) is 17.0. The highest BCUT2D eigenvalue weighted by atomic mass is 16.5. The number of carboxylic acid groups (broad SMARTS) is 1. The molecule has 1 atom stereocenters. The lowest BCUT2D eigenvalue weighted by Crippen LogP contribution is -2.28. The van der Waals surface area contributed by atoms with Crippen LogP contribution >= 0.6 is 0 Å². The zero-order valence-electron chi connectivity index (χ0n) is 19.9. The summed E-state index contributed by atoms with van der Waals surface area (Å²) in [6, 6.07) is 22.0. The van der Waals surface area contributed by atoms with E-state index < -0.39 is 5.97 Å². The molecule has 0 saturated carbocycles. The van der Waals surface area contributed by atoms with Crippen molar-refractivity contribution in [1.82, 2.24) is 5.32 Å². The normalized spacial score (nSPS) is 11.5. The van der Waals surface area contributed by atoms with Gasteiger partial charge in [-0.3, -0.25) is 14.4 Å². The number of ether oxygens (including phenoxy) is 1. The standard InChI is InChI=1S/C29H31NO5/c1-2-3-6-26(29(33)34)18-21-8-14-27(15-9-21)35-17-16-30-28(32)24-12-10-23(11-13-24)25-7-4-5-22(19-25)20-31/h4-5,7-15,19-20,26H,2-3,6,16-18H2,1H3,(H,30,32)(H,33,34). The van der Waals surface area contributed by atoms with Crippen molar-refractivity contribution in [3.8, 4) is 16.9 Å². The maximum absolute atomic E-state index is 12.4. The Hall–Kier alpha value is -3.93. The molecule has 6 heteroatoms. The Morgan fingerprint density at radius 3 is 2.40 bits per heavy atom. The molecular formula is C29H31NO5. The van der Waals surface area contributed by atoms with Gasteiger partial charge in [0.15, 0.2) is 0 Å². The van der Waals surface area contributed by atoms with Gasteiger partial charge in [0.05, 0.1) is 12.5 Å². The zero-order valence-corrected chi connectivity index (χ0v) is 19.9. The Labute approximate surface area is 206 Å². The zero-order chi connectivity index (χ0) is 25.0. The summed E-state index contributed by atoms with van der Waals surface area (Å²) < 4.78 is 5.70. The van der Waals surface area contributed by atoms with Crippen molar-refractivity contribution < 1.29 is 24.2 Å². The van der Waals surface area contributed by atoms with Gasteiger partial charge in [-0.1, -0.05) is 62.2 Å². The first kappa shape index (κ1) is 25.7. The lowest BCUT2D eigenvalue weighted by molar-refractivity contribution is -0.142. The minimum Gasteiger partial charge on any atom is -0.492 e. The molecule has 3 aromatic carbocycles. The van der Waals surface area contributed by atoms with Gasteiger partial charge in [0.25, 0.3) is 5.91 Å². The third-order valence-corrected chi connectivity index (χ3v) is 5.82. The van der Waals surface area contributed by atoms with Crippen LogP contribution in [0, 0.1) is 5.92 Å². The van der Waals surface area contributed by atoms with Gasteiger partial charge in [-0.05, 0) is 59.9 Å². The number of hydrogen-bond donors (Lipinski definition) is 2. The fourth-order valence-electron chi connectivity index (χ4n) is 3.81. The summed E-state index contributed by atoms with van der Waals surface area (Å²) in [5.74, 6) is -0.641. The quantitative estimate of drug-likeness (QED) is 0.256. The summed E-state index contributed by atoms with van der Waals surface area (Å²) in [5, 5.41) is 12.2. The summed E-state index contributed by atoms with van der Waals surface area (Å²) in [6.45, 7) is 2.72. The van der Waals surface area contributed by atoms with Crippen LogP contribution < -0.4 is 10.1 Å². The summed E-state index contributed by atoms with van der Waals surface area (Å²) in [6.07, 6.45) is 3.89. The minimum atomic E-state index is -0.753. The number of carboxylic acids is 1. The van der Waals surface area contributed by atoms with Crippen LogP contribution in [0.2, 0.25) is 0 Å². The number of carbonyl (C=O) groups is 3. The molecule has 0 bridgehead atoms. The van der Waals surface area contributed by atoms with E-state index in [2.05, 4.69) is 12.2 Å². The number of aliphatic carboxylic acids is 1. The Bertz CT molecular complexity index is 1120. The number of rotatable bonds is 13. The van der Waals surface area contributed by atoms with E-state index in [0.717, 1.165) is 35.8 Å². The fourth-order valence-corrected chi connectivity index (χ4v) is 3.81. The van der Waals surface area contributed by atoms with Crippen LogP contribution in [0.15, 0.2) is 72.8 Å². The molecule has 35 heavy (non-hydrogen) atoms. The number of hydrogen-bond acceptors (Lipinski definition) is 4. The van der Waals surface area contributed by atoms with Crippen molar-refractivity contribution in [2.24, 2.45) is 5.92 Å². The molecule has 0 aromatic heterocycles. The first-order valence-corrected chi connectivity index (χ1v) is 11.9. The lowest BCUT2D eigenvalue weighted by atomic mass is 9.94. The van der Waals surface area contributed by atoms with E-state index in [1.54, 1.807) is 18.2 Å². The summed E-state index contributed by atoms with van der Waals surface area (Å²) >= 11 is 0. The van der Waals surface area contributed by atoms with Gasteiger partial charge in [-0.15, -0.1) is 0 Å². The topological polar surface area (TPSA) is 92.7 Å². The van der Waals surface area contributed by atoms with E-state index in [-0.39, 0.29) is 11.8 Å². The SMILES string of the molecule is CCCCC(Cc1ccc(OCCNC(=O)c2ccc(-c3cccc(C=O)c3)cc2)cc1)C(=O)O. The molecule has 2 N–H and O–H groups in total. The summed E-state index contributed by atoms with van der Waals surface area (Å²) in [4.78, 5) is 34.8. The molecule has 1 amide bonds. The van der Waals surface area contributed by atoms with E-state index in [4.69, 9.17) is 4.74 Å². The third-order valence-electron chi connectivity index (χ3n) is 5.82. The molecule has 0 radical (unpaired) electrons. The van der Waals surface area contributed by atoms with Gasteiger partial charge in [0, 0.05) is 11.1 Å². The monoisotopic (exact) mass is 473 g/mol. The second kappa shape index (κ2) is 13.1. The van der Waals surface area contributed by atoms with Crippen molar-refractivity contribution in [1.29, 1.82) is 0 Å². The third kappa shape index (κ3) is 7.81. The van der Waals surface area contributed by atoms with Gasteiger partial charge < -0.3 is 15.2 Å². The Kier molecular flexibility index (Phi) is 9.60. The molecule has 0 spiro atoms. The van der Waals surface area contributed by atoms with Gasteiger partial charge in [-0.25, -0.2) is 0 Å². The second-order valence-electron chi connectivity index (χ2n) is 8.45. The smallest absolute Gasteiger partial charge is 0.306 e. The van der Waals surface area contributed by atoms with Crippen molar-refractivity contribution in [2.45, 2.75) is 32.6 Å². The number of benzene rings is 3. The molecule has 0 aliphatic rings. The van der Waals surface area contributed by atoms with E-state index >= 15 is 0 Å². The van der Waals surface area contributed by atoms with Crippen LogP contribution in [-0.4, -0.2) is 36.4 Å². The summed E-state index contributed by atoms with van der Waals surface area (Å²) in [5.41, 5.74) is 3.96. The van der Waals surface area contributed by atoms with Crippen molar-refractivity contribution >= 4 is 18.2 Å². The molecule has 0 fully saturated rings. The van der Waals surface area contributed by atoms with Crippen molar-refractivity contribution in [3.05, 3.63) is 89.5 Å². The van der Waals surface area contributed by atoms with E-state index in [9.17, 15) is 19.5 Å². The maximum Gasteiger partial charge on any atom is 0.306 e. The van der Waals surface area contributed by atoms with Crippen LogP contribution in [0.4, 0.5) is 0 Å². The van der Waals surface area contributed by atoms with Gasteiger partial charge in [0.2, 0.25) is 0 Å². The first-order valence-electron chi connectivity index (χ1n) is 11.9. The van der Waals surface area contributed by atoms with Gasteiger partial charge in [-0.2, -0.15) is 0 Å². The Morgan fingerprint density at radius 2 is 1.74 bits per heavy atom. The number of aldehydes is 1. The fraction of sp³-hybridized carbons (Fsp3) is 0.276. The molecule has 0 saturated heterocycles. The summed E-state index contributed by atoms with van der Waals surface area (Å²) in [7, 11) is 0. The molecule has 3 rings (SSSR count). The van der Waals surface area contributed by atoms with E-state index in [0.29, 0.717) is 42.9 Å². The average Bonchev–Trinajstić information content (AvgIpc) is 2.89. The molecule has 0 heterocycles. The lowest BCUT2D eigenvalue weighted by Gasteiger charge is -2.13. The highest BCUT2D eigenvalue weighted by molar-refractivity contribution is 5.94.